The van der Waals surface area contributed by atoms with E-state index in [-0.39, 0.29) is 24.7 Å². The molecule has 0 atom stereocenters. The van der Waals surface area contributed by atoms with Gasteiger partial charge in [-0.2, -0.15) is 0 Å². The Morgan fingerprint density at radius 3 is 2.74 bits per heavy atom. The van der Waals surface area contributed by atoms with E-state index in [0.717, 1.165) is 4.47 Å². The maximum atomic E-state index is 12.4. The Bertz CT molecular complexity index is 829. The molecule has 0 N–H and O–H groups in total. The van der Waals surface area contributed by atoms with Crippen molar-refractivity contribution in [2.45, 2.75) is 11.0 Å². The van der Waals surface area contributed by atoms with Crippen molar-refractivity contribution in [2.24, 2.45) is 0 Å². The average Bonchev–Trinajstić information content (AvgIpc) is 2.91. The first-order chi connectivity index (χ1) is 10.9. The molecule has 23 heavy (non-hydrogen) atoms. The van der Waals surface area contributed by atoms with E-state index in [1.807, 2.05) is 0 Å². The number of halogens is 2. The van der Waals surface area contributed by atoms with Gasteiger partial charge in [-0.05, 0) is 30.3 Å². The number of amides is 1. The molecule has 5 nitrogen and oxygen atoms in total. The minimum absolute atomic E-state index is 0.148. The standard InChI is InChI=1S/C15H13BrClNO4S/c16-10-3-4-14(17)13(6-10)15(19)18-7-12(8-18)23(20,21)9-11-2-1-5-22-11/h1-6,12H,7-9H2. The summed E-state index contributed by atoms with van der Waals surface area (Å²) in [5.74, 6) is -0.00444. The van der Waals surface area contributed by atoms with Crippen LogP contribution in [0.3, 0.4) is 0 Å². The maximum Gasteiger partial charge on any atom is 0.255 e. The predicted molar refractivity (Wildman–Crippen MR) is 90.2 cm³/mol. The average molecular weight is 419 g/mol. The largest absolute Gasteiger partial charge is 0.468 e. The summed E-state index contributed by atoms with van der Waals surface area (Å²) in [5.41, 5.74) is 0.364. The van der Waals surface area contributed by atoms with Crippen LogP contribution in [0.2, 0.25) is 5.02 Å². The van der Waals surface area contributed by atoms with E-state index in [1.165, 1.54) is 11.2 Å². The van der Waals surface area contributed by atoms with Crippen LogP contribution >= 0.6 is 27.5 Å². The minimum Gasteiger partial charge on any atom is -0.468 e. The van der Waals surface area contributed by atoms with Gasteiger partial charge in [0.25, 0.3) is 5.91 Å². The van der Waals surface area contributed by atoms with Crippen LogP contribution in [0.1, 0.15) is 16.1 Å². The fourth-order valence-electron chi connectivity index (χ4n) is 2.37. The Hall–Kier alpha value is -1.31. The van der Waals surface area contributed by atoms with Crippen molar-refractivity contribution >= 4 is 43.3 Å². The van der Waals surface area contributed by atoms with Crippen LogP contribution in [0.4, 0.5) is 0 Å². The highest BCUT2D eigenvalue weighted by atomic mass is 79.9. The molecule has 0 aliphatic carbocycles. The van der Waals surface area contributed by atoms with Gasteiger partial charge in [0.1, 0.15) is 11.5 Å². The fraction of sp³-hybridized carbons (Fsp3) is 0.267. The topological polar surface area (TPSA) is 67.6 Å². The molecule has 0 bridgehead atoms. The van der Waals surface area contributed by atoms with E-state index >= 15 is 0 Å². The Morgan fingerprint density at radius 1 is 1.35 bits per heavy atom. The molecule has 1 saturated heterocycles. The highest BCUT2D eigenvalue weighted by Gasteiger charge is 2.40. The Labute approximate surface area is 147 Å². The number of rotatable bonds is 4. The smallest absolute Gasteiger partial charge is 0.255 e. The van der Waals surface area contributed by atoms with Crippen molar-refractivity contribution in [2.75, 3.05) is 13.1 Å². The van der Waals surface area contributed by atoms with Crippen LogP contribution in [-0.4, -0.2) is 37.6 Å². The first-order valence-electron chi connectivity index (χ1n) is 6.85. The normalized spacial score (nSPS) is 15.5. The SMILES string of the molecule is O=C(c1cc(Br)ccc1Cl)N1CC(S(=O)(=O)Cc2ccco2)C1. The van der Waals surface area contributed by atoms with Crippen LogP contribution in [0.25, 0.3) is 0 Å². The van der Waals surface area contributed by atoms with Gasteiger partial charge in [-0.25, -0.2) is 8.42 Å². The molecular formula is C15H13BrClNO4S. The van der Waals surface area contributed by atoms with Gasteiger partial charge < -0.3 is 9.32 Å². The minimum atomic E-state index is -3.34. The van der Waals surface area contributed by atoms with E-state index in [9.17, 15) is 13.2 Å². The van der Waals surface area contributed by atoms with Crippen molar-refractivity contribution in [1.29, 1.82) is 0 Å². The first kappa shape index (κ1) is 16.5. The Balaban J connectivity index is 1.66. The van der Waals surface area contributed by atoms with Crippen molar-refractivity contribution in [3.05, 3.63) is 57.4 Å². The first-order valence-corrected chi connectivity index (χ1v) is 9.74. The van der Waals surface area contributed by atoms with E-state index in [2.05, 4.69) is 15.9 Å². The number of furan rings is 1. The second-order valence-corrected chi connectivity index (χ2v) is 8.95. The van der Waals surface area contributed by atoms with Gasteiger partial charge in [-0.1, -0.05) is 27.5 Å². The molecule has 1 aliphatic rings. The number of benzene rings is 1. The second kappa shape index (κ2) is 6.30. The summed E-state index contributed by atoms with van der Waals surface area (Å²) in [5, 5.41) is -0.220. The molecule has 0 spiro atoms. The van der Waals surface area contributed by atoms with Gasteiger partial charge >= 0.3 is 0 Å². The summed E-state index contributed by atoms with van der Waals surface area (Å²) < 4.78 is 30.4. The molecule has 0 radical (unpaired) electrons. The molecule has 0 saturated carbocycles. The summed E-state index contributed by atoms with van der Waals surface area (Å²) in [4.78, 5) is 13.9. The van der Waals surface area contributed by atoms with Crippen molar-refractivity contribution in [3.63, 3.8) is 0 Å². The zero-order valence-corrected chi connectivity index (χ0v) is 15.1. The van der Waals surface area contributed by atoms with Gasteiger partial charge in [0.15, 0.2) is 9.84 Å². The van der Waals surface area contributed by atoms with E-state index < -0.39 is 15.1 Å². The predicted octanol–water partition coefficient (Wildman–Crippen LogP) is 3.13. The quantitative estimate of drug-likeness (QED) is 0.765. The van der Waals surface area contributed by atoms with Gasteiger partial charge in [0.05, 0.1) is 22.1 Å². The summed E-state index contributed by atoms with van der Waals surface area (Å²) >= 11 is 9.33. The number of likely N-dealkylation sites (tertiary alicyclic amines) is 1. The summed E-state index contributed by atoms with van der Waals surface area (Å²) in [6.07, 6.45) is 1.44. The van der Waals surface area contributed by atoms with Crippen molar-refractivity contribution in [1.82, 2.24) is 4.90 Å². The number of carbonyl (C=O) groups is 1. The lowest BCUT2D eigenvalue weighted by molar-refractivity contribution is 0.0659. The van der Waals surface area contributed by atoms with Crippen LogP contribution in [0.5, 0.6) is 0 Å². The van der Waals surface area contributed by atoms with Gasteiger partial charge in [0.2, 0.25) is 0 Å². The lowest BCUT2D eigenvalue weighted by atomic mass is 10.1. The third kappa shape index (κ3) is 3.46. The van der Waals surface area contributed by atoms with Crippen LogP contribution in [0.15, 0.2) is 45.5 Å². The van der Waals surface area contributed by atoms with Crippen LogP contribution in [0, 0.1) is 0 Å². The van der Waals surface area contributed by atoms with E-state index in [0.29, 0.717) is 16.3 Å². The summed E-state index contributed by atoms with van der Waals surface area (Å²) in [7, 11) is -3.34. The Kier molecular flexibility index (Phi) is 4.53. The number of sulfone groups is 1. The molecule has 1 aliphatic heterocycles. The molecule has 1 amide bonds. The summed E-state index contributed by atoms with van der Waals surface area (Å²) in [6, 6.07) is 8.28. The molecule has 1 fully saturated rings. The third-order valence-corrected chi connectivity index (χ3v) is 6.55. The Morgan fingerprint density at radius 2 is 2.09 bits per heavy atom. The number of nitrogens with zero attached hydrogens (tertiary/aromatic N) is 1. The van der Waals surface area contributed by atoms with Crippen LogP contribution < -0.4 is 0 Å². The van der Waals surface area contributed by atoms with Gasteiger partial charge in [-0.15, -0.1) is 0 Å². The molecule has 1 aromatic carbocycles. The zero-order chi connectivity index (χ0) is 16.6. The van der Waals surface area contributed by atoms with Crippen molar-refractivity contribution < 1.29 is 17.6 Å². The molecule has 3 rings (SSSR count). The van der Waals surface area contributed by atoms with Gasteiger partial charge in [0, 0.05) is 17.6 Å². The molecular weight excluding hydrogens is 406 g/mol. The number of carbonyl (C=O) groups excluding carboxylic acids is 1. The molecule has 122 valence electrons. The highest BCUT2D eigenvalue weighted by Crippen LogP contribution is 2.27. The lowest BCUT2D eigenvalue weighted by Gasteiger charge is -2.38. The molecule has 2 heterocycles. The maximum absolute atomic E-state index is 12.4. The van der Waals surface area contributed by atoms with Gasteiger partial charge in [-0.3, -0.25) is 4.79 Å². The number of hydrogen-bond donors (Lipinski definition) is 0. The lowest BCUT2D eigenvalue weighted by Crippen LogP contribution is -2.57. The second-order valence-electron chi connectivity index (χ2n) is 5.34. The summed E-state index contributed by atoms with van der Waals surface area (Å²) in [6.45, 7) is 0.343. The highest BCUT2D eigenvalue weighted by molar-refractivity contribution is 9.10. The van der Waals surface area contributed by atoms with Crippen LogP contribution in [-0.2, 0) is 15.6 Å². The fourth-order valence-corrected chi connectivity index (χ4v) is 4.54. The molecule has 2 aromatic rings. The zero-order valence-electron chi connectivity index (χ0n) is 11.9. The number of hydrogen-bond acceptors (Lipinski definition) is 4. The molecule has 0 unspecified atom stereocenters. The molecule has 1 aromatic heterocycles. The van der Waals surface area contributed by atoms with E-state index in [1.54, 1.807) is 30.3 Å². The third-order valence-electron chi connectivity index (χ3n) is 3.73. The van der Waals surface area contributed by atoms with Crippen molar-refractivity contribution in [3.8, 4) is 0 Å². The molecule has 8 heteroatoms. The monoisotopic (exact) mass is 417 g/mol. The van der Waals surface area contributed by atoms with E-state index in [4.69, 9.17) is 16.0 Å².